The number of hydrogen-bond donors (Lipinski definition) is 0. The molecule has 0 bridgehead atoms. The second kappa shape index (κ2) is 16.1. The summed E-state index contributed by atoms with van der Waals surface area (Å²) in [5.74, 6) is 2.17. The Hall–Kier alpha value is -4.96. The van der Waals surface area contributed by atoms with Crippen molar-refractivity contribution < 1.29 is 4.42 Å². The predicted octanol–water partition coefficient (Wildman–Crippen LogP) is 18.3. The van der Waals surface area contributed by atoms with Crippen LogP contribution in [0.4, 0.5) is 34.3 Å². The van der Waals surface area contributed by atoms with Crippen LogP contribution < -0.4 is 26.2 Å². The number of furan rings is 1. The number of aryl methyl sites for hydroxylation is 1. The van der Waals surface area contributed by atoms with Crippen molar-refractivity contribution in [2.45, 2.75) is 240 Å². The van der Waals surface area contributed by atoms with Crippen molar-refractivity contribution in [1.82, 2.24) is 0 Å². The molecule has 3 heterocycles. The smallest absolute Gasteiger partial charge is 0.256 e. The number of hydrogen-bond acceptors (Lipinski definition) is 3. The Morgan fingerprint density at radius 3 is 1.40 bits per heavy atom. The lowest BCUT2D eigenvalue weighted by Crippen LogP contribution is -2.63. The van der Waals surface area contributed by atoms with Gasteiger partial charge in [0.2, 0.25) is 0 Å². The normalized spacial score (nSPS) is 20.4. The van der Waals surface area contributed by atoms with Crippen LogP contribution in [-0.4, -0.2) is 6.71 Å². The molecule has 0 atom stereocenters. The second-order valence-corrected chi connectivity index (χ2v) is 31.6. The third kappa shape index (κ3) is 8.08. The zero-order valence-corrected chi connectivity index (χ0v) is 50.6. The first-order chi connectivity index (χ1) is 34.4. The van der Waals surface area contributed by atoms with Crippen molar-refractivity contribution in [3.8, 4) is 11.1 Å². The van der Waals surface area contributed by atoms with Gasteiger partial charge in [0.15, 0.2) is 5.88 Å². The van der Waals surface area contributed by atoms with Gasteiger partial charge in [0.1, 0.15) is 5.76 Å². The topological polar surface area (TPSA) is 19.6 Å². The molecule has 6 aromatic rings. The zero-order chi connectivity index (χ0) is 54.5. The standard InChI is InChI=1S/C71H91BN2O/c1-42-33-50-51(67(13,14)28-27-66(50,11)12)39-49(42)43-34-56-59-57(35-43)74(47-25-23-44(24-26-47)63(2,3)4)62-60(58-61(75-62)71(21,22)32-31-70(58,19)20)72(59)54-40-52-53(69(17,18)30-29-68(52,15)16)41-55(54)73(56)48-37-45(64(5,6)7)36-46(38-48)65(8,9)10/h23-26,33-41H,27-32H2,1-22H3. The van der Waals surface area contributed by atoms with Gasteiger partial charge in [-0.15, -0.1) is 0 Å². The Morgan fingerprint density at radius 2 is 0.880 bits per heavy atom. The highest BCUT2D eigenvalue weighted by molar-refractivity contribution is 7.00. The Balaban J connectivity index is 1.35. The Bertz CT molecular complexity index is 3310. The molecule has 0 fully saturated rings. The van der Waals surface area contributed by atoms with Gasteiger partial charge < -0.3 is 9.32 Å². The first-order valence-electron chi connectivity index (χ1n) is 29.0. The van der Waals surface area contributed by atoms with Crippen LogP contribution in [0.25, 0.3) is 11.1 Å². The molecule has 0 radical (unpaired) electrons. The third-order valence-electron chi connectivity index (χ3n) is 20.0. The highest BCUT2D eigenvalue weighted by atomic mass is 16.4. The number of fused-ring (bicyclic) bond motifs is 8. The van der Waals surface area contributed by atoms with Gasteiger partial charge in [0.05, 0.1) is 0 Å². The van der Waals surface area contributed by atoms with E-state index in [2.05, 4.69) is 241 Å². The average molecular weight is 999 g/mol. The van der Waals surface area contributed by atoms with Crippen molar-refractivity contribution in [2.24, 2.45) is 0 Å². The maximum absolute atomic E-state index is 7.82. The molecule has 0 unspecified atom stereocenters. The number of benzene rings is 5. The quantitative estimate of drug-likeness (QED) is 0.165. The van der Waals surface area contributed by atoms with Crippen LogP contribution in [0.3, 0.4) is 0 Å². The van der Waals surface area contributed by atoms with Gasteiger partial charge in [-0.05, 0) is 209 Å². The number of anilines is 6. The maximum Gasteiger partial charge on any atom is 0.256 e. The van der Waals surface area contributed by atoms with Crippen molar-refractivity contribution in [1.29, 1.82) is 0 Å². The Morgan fingerprint density at radius 1 is 0.427 bits per heavy atom. The summed E-state index contributed by atoms with van der Waals surface area (Å²) in [5, 5.41) is 0. The van der Waals surface area contributed by atoms with E-state index >= 15 is 0 Å². The lowest BCUT2D eigenvalue weighted by Gasteiger charge is -2.47. The SMILES string of the molecule is Cc1cc2c(cc1-c1cc3c4c(c1)N(c1ccc(C(C)(C)C)cc1)c1oc5c(c1B4c1cc4c(cc1N3c1cc(C(C)(C)C)cc(C(C)(C)C)c1)C(C)(C)CCC4(C)C)C(C)(C)CCC5(C)C)C(C)(C)CCC2(C)C. The van der Waals surface area contributed by atoms with Crippen molar-refractivity contribution in [3.63, 3.8) is 0 Å². The maximum atomic E-state index is 7.82. The van der Waals surface area contributed by atoms with E-state index in [4.69, 9.17) is 4.42 Å². The summed E-state index contributed by atoms with van der Waals surface area (Å²) in [7, 11) is 0. The van der Waals surface area contributed by atoms with Gasteiger partial charge in [-0.25, -0.2) is 0 Å². The molecule has 0 saturated heterocycles. The molecule has 11 rings (SSSR count). The lowest BCUT2D eigenvalue weighted by molar-refractivity contribution is 0.280. The van der Waals surface area contributed by atoms with E-state index in [9.17, 15) is 0 Å². The van der Waals surface area contributed by atoms with Crippen LogP contribution in [0.1, 0.15) is 240 Å². The van der Waals surface area contributed by atoms with Gasteiger partial charge in [-0.2, -0.15) is 0 Å². The third-order valence-corrected chi connectivity index (χ3v) is 20.0. The molecule has 4 heteroatoms. The van der Waals surface area contributed by atoms with Gasteiger partial charge in [-0.3, -0.25) is 4.90 Å². The molecule has 3 nitrogen and oxygen atoms in total. The van der Waals surface area contributed by atoms with Crippen molar-refractivity contribution in [2.75, 3.05) is 9.80 Å². The minimum atomic E-state index is -0.132. The molecule has 3 aliphatic carbocycles. The molecule has 1 aromatic heterocycles. The van der Waals surface area contributed by atoms with Crippen LogP contribution in [0.5, 0.6) is 0 Å². The van der Waals surface area contributed by atoms with E-state index in [1.54, 1.807) is 0 Å². The summed E-state index contributed by atoms with van der Waals surface area (Å²) in [4.78, 5) is 5.33. The summed E-state index contributed by atoms with van der Waals surface area (Å²) >= 11 is 0. The molecule has 0 saturated carbocycles. The van der Waals surface area contributed by atoms with Crippen LogP contribution in [0.2, 0.25) is 0 Å². The zero-order valence-electron chi connectivity index (χ0n) is 50.6. The summed E-state index contributed by atoms with van der Waals surface area (Å²) in [6, 6.07) is 32.9. The molecule has 5 aliphatic rings. The molecule has 5 aromatic carbocycles. The van der Waals surface area contributed by atoms with Gasteiger partial charge in [0.25, 0.3) is 6.71 Å². The van der Waals surface area contributed by atoms with Crippen LogP contribution in [0.15, 0.2) is 83.3 Å². The van der Waals surface area contributed by atoms with Gasteiger partial charge in [-0.1, -0.05) is 182 Å². The summed E-state index contributed by atoms with van der Waals surface area (Å²) in [6.45, 7) is 53.4. The van der Waals surface area contributed by atoms with Crippen molar-refractivity contribution >= 4 is 57.4 Å². The van der Waals surface area contributed by atoms with Crippen molar-refractivity contribution in [3.05, 3.63) is 135 Å². The van der Waals surface area contributed by atoms with E-state index in [1.165, 1.54) is 119 Å². The number of rotatable bonds is 3. The minimum Gasteiger partial charge on any atom is -0.444 e. The largest absolute Gasteiger partial charge is 0.444 e. The first-order valence-corrected chi connectivity index (χ1v) is 29.0. The van der Waals surface area contributed by atoms with E-state index in [0.29, 0.717) is 0 Å². The number of nitrogens with zero attached hydrogens (tertiary/aromatic N) is 2. The van der Waals surface area contributed by atoms with E-state index in [-0.39, 0.29) is 55.4 Å². The van der Waals surface area contributed by atoms with Gasteiger partial charge >= 0.3 is 0 Å². The highest BCUT2D eigenvalue weighted by Gasteiger charge is 2.54. The van der Waals surface area contributed by atoms with Crippen LogP contribution in [0, 0.1) is 6.92 Å². The fourth-order valence-corrected chi connectivity index (χ4v) is 14.3. The molecule has 0 amide bonds. The molecule has 2 aliphatic heterocycles. The molecular weight excluding hydrogens is 908 g/mol. The lowest BCUT2D eigenvalue weighted by atomic mass is 9.32. The van der Waals surface area contributed by atoms with E-state index < -0.39 is 0 Å². The summed E-state index contributed by atoms with van der Waals surface area (Å²) in [6.07, 6.45) is 6.87. The second-order valence-electron chi connectivity index (χ2n) is 31.6. The van der Waals surface area contributed by atoms with Crippen LogP contribution >= 0.6 is 0 Å². The van der Waals surface area contributed by atoms with Crippen LogP contribution in [-0.2, 0) is 48.7 Å². The highest BCUT2D eigenvalue weighted by Crippen LogP contribution is 2.56. The van der Waals surface area contributed by atoms with E-state index in [1.807, 2.05) is 0 Å². The summed E-state index contributed by atoms with van der Waals surface area (Å²) in [5.41, 5.74) is 25.6. The summed E-state index contributed by atoms with van der Waals surface area (Å²) < 4.78 is 7.82. The molecule has 0 N–H and O–H groups in total. The molecule has 75 heavy (non-hydrogen) atoms. The molecule has 0 spiro atoms. The fourth-order valence-electron chi connectivity index (χ4n) is 14.3. The predicted molar refractivity (Wildman–Crippen MR) is 325 cm³/mol. The monoisotopic (exact) mass is 999 g/mol. The van der Waals surface area contributed by atoms with Gasteiger partial charge in [0, 0.05) is 33.9 Å². The Labute approximate surface area is 454 Å². The Kier molecular flexibility index (Phi) is 11.2. The minimum absolute atomic E-state index is 0.0120. The van der Waals surface area contributed by atoms with E-state index in [0.717, 1.165) is 37.3 Å². The average Bonchev–Trinajstić information content (AvgIpc) is 3.78. The molecular formula is C71H91BN2O. The first kappa shape index (κ1) is 52.1. The fraction of sp³-hybridized carbons (Fsp3) is 0.521. The molecule has 394 valence electrons.